The molecule has 1 unspecified atom stereocenters. The Bertz CT molecular complexity index is 349. The third-order valence-corrected chi connectivity index (χ3v) is 3.62. The Morgan fingerprint density at radius 2 is 2.13 bits per heavy atom. The van der Waals surface area contributed by atoms with E-state index in [-0.39, 0.29) is 17.8 Å². The second-order valence-corrected chi connectivity index (χ2v) is 4.73. The van der Waals surface area contributed by atoms with Gasteiger partial charge in [0.05, 0.1) is 6.10 Å². The van der Waals surface area contributed by atoms with Gasteiger partial charge in [-0.2, -0.15) is 0 Å². The summed E-state index contributed by atoms with van der Waals surface area (Å²) in [4.78, 5) is 0. The Hall–Kier alpha value is -0.860. The summed E-state index contributed by atoms with van der Waals surface area (Å²) in [5, 5.41) is 9.74. The molecule has 1 heterocycles. The van der Waals surface area contributed by atoms with E-state index in [9.17, 15) is 5.11 Å². The second kappa shape index (κ2) is 3.32. The molecule has 1 aromatic carbocycles. The molecular formula is C13H16O2. The molecule has 2 heteroatoms. The number of hydrogen-bond acceptors (Lipinski definition) is 2. The molecule has 1 saturated carbocycles. The fourth-order valence-electron chi connectivity index (χ4n) is 2.78. The molecule has 3 atom stereocenters. The van der Waals surface area contributed by atoms with Crippen molar-refractivity contribution in [1.82, 2.24) is 0 Å². The van der Waals surface area contributed by atoms with Crippen molar-refractivity contribution < 1.29 is 9.84 Å². The second-order valence-electron chi connectivity index (χ2n) is 4.73. The third-order valence-electron chi connectivity index (χ3n) is 3.62. The molecule has 1 N–H and O–H groups in total. The Labute approximate surface area is 89.9 Å². The van der Waals surface area contributed by atoms with Gasteiger partial charge in [-0.05, 0) is 24.8 Å². The fourth-order valence-corrected chi connectivity index (χ4v) is 2.78. The molecule has 15 heavy (non-hydrogen) atoms. The van der Waals surface area contributed by atoms with Gasteiger partial charge < -0.3 is 9.84 Å². The first-order valence-corrected chi connectivity index (χ1v) is 5.70. The number of hydrogen-bond donors (Lipinski definition) is 1. The maximum Gasteiger partial charge on any atom is 0.113 e. The van der Waals surface area contributed by atoms with Crippen molar-refractivity contribution >= 4 is 0 Å². The lowest BCUT2D eigenvalue weighted by atomic mass is 9.83. The number of aliphatic hydroxyl groups is 1. The zero-order valence-corrected chi connectivity index (χ0v) is 8.73. The summed E-state index contributed by atoms with van der Waals surface area (Å²) < 4.78 is 5.73. The Kier molecular flexibility index (Phi) is 2.08. The summed E-state index contributed by atoms with van der Waals surface area (Å²) in [6.07, 6.45) is 3.92. The van der Waals surface area contributed by atoms with E-state index in [1.165, 1.54) is 5.56 Å². The quantitative estimate of drug-likeness (QED) is 0.746. The molecule has 1 aliphatic heterocycles. The Morgan fingerprint density at radius 1 is 1.33 bits per heavy atom. The minimum Gasteiger partial charge on any atom is -0.390 e. The molecule has 80 valence electrons. The van der Waals surface area contributed by atoms with Gasteiger partial charge >= 0.3 is 0 Å². The number of benzene rings is 1. The molecule has 2 nitrogen and oxygen atoms in total. The van der Waals surface area contributed by atoms with Gasteiger partial charge in [-0.3, -0.25) is 0 Å². The van der Waals surface area contributed by atoms with E-state index in [1.54, 1.807) is 0 Å². The highest BCUT2D eigenvalue weighted by Crippen LogP contribution is 2.49. The first kappa shape index (κ1) is 9.37. The van der Waals surface area contributed by atoms with Crippen LogP contribution in [0.5, 0.6) is 0 Å². The van der Waals surface area contributed by atoms with E-state index in [2.05, 4.69) is 24.3 Å². The van der Waals surface area contributed by atoms with Crippen molar-refractivity contribution in [2.75, 3.05) is 0 Å². The molecule has 1 saturated heterocycles. The van der Waals surface area contributed by atoms with Crippen molar-refractivity contribution in [1.29, 1.82) is 0 Å². The first-order valence-electron chi connectivity index (χ1n) is 5.70. The van der Waals surface area contributed by atoms with Gasteiger partial charge in [-0.25, -0.2) is 0 Å². The molecule has 0 aromatic heterocycles. The maximum absolute atomic E-state index is 9.74. The highest BCUT2D eigenvalue weighted by Gasteiger charge is 2.60. The van der Waals surface area contributed by atoms with Crippen LogP contribution in [0.4, 0.5) is 0 Å². The predicted molar refractivity (Wildman–Crippen MR) is 57.6 cm³/mol. The number of fused-ring (bicyclic) bond motifs is 1. The van der Waals surface area contributed by atoms with Crippen molar-refractivity contribution in [2.45, 2.75) is 43.5 Å². The fraction of sp³-hybridized carbons (Fsp3) is 0.538. The summed E-state index contributed by atoms with van der Waals surface area (Å²) >= 11 is 0. The molecule has 3 rings (SSSR count). The molecule has 0 amide bonds. The largest absolute Gasteiger partial charge is 0.390 e. The van der Waals surface area contributed by atoms with E-state index in [1.807, 2.05) is 6.07 Å². The normalized spacial score (nSPS) is 38.5. The topological polar surface area (TPSA) is 32.8 Å². The van der Waals surface area contributed by atoms with Crippen LogP contribution in [-0.2, 0) is 11.2 Å². The predicted octanol–water partition coefficient (Wildman–Crippen LogP) is 1.91. The van der Waals surface area contributed by atoms with Gasteiger partial charge in [-0.15, -0.1) is 0 Å². The standard InChI is InChI=1S/C13H16O2/c14-11-7-4-8-13(12(11)15-13)9-10-5-2-1-3-6-10/h1-3,5-6,11-12,14H,4,7-9H2/t11?,12-,13-/m0/s1. The molecule has 1 aliphatic carbocycles. The molecule has 0 bridgehead atoms. The van der Waals surface area contributed by atoms with Crippen LogP contribution in [0, 0.1) is 0 Å². The Morgan fingerprint density at radius 3 is 2.93 bits per heavy atom. The lowest BCUT2D eigenvalue weighted by Crippen LogP contribution is -2.31. The molecule has 1 aromatic rings. The first-order chi connectivity index (χ1) is 7.30. The molecule has 0 spiro atoms. The van der Waals surface area contributed by atoms with Gasteiger partial charge in [0.1, 0.15) is 11.7 Å². The summed E-state index contributed by atoms with van der Waals surface area (Å²) in [7, 11) is 0. The van der Waals surface area contributed by atoms with Crippen LogP contribution in [0.3, 0.4) is 0 Å². The SMILES string of the molecule is OC1CCC[C@@]2(Cc3ccccc3)O[C@@H]12. The lowest BCUT2D eigenvalue weighted by Gasteiger charge is -2.20. The van der Waals surface area contributed by atoms with Gasteiger partial charge in [0.2, 0.25) is 0 Å². The van der Waals surface area contributed by atoms with Crippen LogP contribution >= 0.6 is 0 Å². The number of ether oxygens (including phenoxy) is 1. The molecular weight excluding hydrogens is 188 g/mol. The van der Waals surface area contributed by atoms with Crippen LogP contribution < -0.4 is 0 Å². The lowest BCUT2D eigenvalue weighted by molar-refractivity contribution is 0.122. The minimum atomic E-state index is -0.234. The highest BCUT2D eigenvalue weighted by molar-refractivity contribution is 5.22. The number of epoxide rings is 1. The van der Waals surface area contributed by atoms with Gasteiger partial charge in [0, 0.05) is 6.42 Å². The number of rotatable bonds is 2. The van der Waals surface area contributed by atoms with Gasteiger partial charge in [-0.1, -0.05) is 30.3 Å². The van der Waals surface area contributed by atoms with Crippen LogP contribution in [-0.4, -0.2) is 22.9 Å². The molecule has 2 fully saturated rings. The van der Waals surface area contributed by atoms with Gasteiger partial charge in [0.15, 0.2) is 0 Å². The van der Waals surface area contributed by atoms with Crippen LogP contribution in [0.15, 0.2) is 30.3 Å². The summed E-state index contributed by atoms with van der Waals surface area (Å²) in [6.45, 7) is 0. The van der Waals surface area contributed by atoms with Crippen LogP contribution in [0.25, 0.3) is 0 Å². The number of aliphatic hydroxyl groups excluding tert-OH is 1. The average molecular weight is 204 g/mol. The van der Waals surface area contributed by atoms with E-state index >= 15 is 0 Å². The van der Waals surface area contributed by atoms with Crippen LogP contribution in [0.2, 0.25) is 0 Å². The van der Waals surface area contributed by atoms with E-state index in [0.29, 0.717) is 0 Å². The molecule has 2 aliphatic rings. The van der Waals surface area contributed by atoms with Crippen molar-refractivity contribution in [3.05, 3.63) is 35.9 Å². The average Bonchev–Trinajstić information content (AvgIpc) is 2.95. The smallest absolute Gasteiger partial charge is 0.113 e. The molecule has 0 radical (unpaired) electrons. The van der Waals surface area contributed by atoms with Crippen molar-refractivity contribution in [2.24, 2.45) is 0 Å². The maximum atomic E-state index is 9.74. The summed E-state index contributed by atoms with van der Waals surface area (Å²) in [5.41, 5.74) is 1.29. The minimum absolute atomic E-state index is 0.0288. The van der Waals surface area contributed by atoms with Crippen molar-refractivity contribution in [3.63, 3.8) is 0 Å². The van der Waals surface area contributed by atoms with E-state index in [0.717, 1.165) is 25.7 Å². The van der Waals surface area contributed by atoms with Gasteiger partial charge in [0.25, 0.3) is 0 Å². The van der Waals surface area contributed by atoms with E-state index in [4.69, 9.17) is 4.74 Å². The third kappa shape index (κ3) is 1.58. The van der Waals surface area contributed by atoms with Crippen molar-refractivity contribution in [3.8, 4) is 0 Å². The summed E-state index contributed by atoms with van der Waals surface area (Å²) in [6, 6.07) is 10.4. The summed E-state index contributed by atoms with van der Waals surface area (Å²) in [5.74, 6) is 0. The monoisotopic (exact) mass is 204 g/mol. The van der Waals surface area contributed by atoms with E-state index < -0.39 is 0 Å². The Balaban J connectivity index is 1.74. The zero-order chi connectivity index (χ0) is 10.3. The van der Waals surface area contributed by atoms with Crippen LogP contribution in [0.1, 0.15) is 24.8 Å². The highest BCUT2D eigenvalue weighted by atomic mass is 16.6. The zero-order valence-electron chi connectivity index (χ0n) is 8.73.